The smallest absolute Gasteiger partial charge is 0.265 e. The van der Waals surface area contributed by atoms with Crippen molar-refractivity contribution in [1.29, 1.82) is 0 Å². The van der Waals surface area contributed by atoms with Gasteiger partial charge in [0.1, 0.15) is 5.75 Å². The van der Waals surface area contributed by atoms with E-state index in [0.29, 0.717) is 12.4 Å². The van der Waals surface area contributed by atoms with Gasteiger partial charge in [-0.15, -0.1) is 11.3 Å². The lowest BCUT2D eigenvalue weighted by Gasteiger charge is -2.16. The Balaban J connectivity index is 1.78. The number of carbonyl (C=O) groups is 1. The first kappa shape index (κ1) is 15.1. The summed E-state index contributed by atoms with van der Waals surface area (Å²) in [7, 11) is 0. The van der Waals surface area contributed by atoms with E-state index in [1.165, 1.54) is 16.9 Å². The Labute approximate surface area is 135 Å². The Kier molecular flexibility index (Phi) is 4.48. The number of benzene rings is 1. The Morgan fingerprint density at radius 3 is 3.05 bits per heavy atom. The lowest BCUT2D eigenvalue weighted by Crippen LogP contribution is -2.11. The molecule has 3 rings (SSSR count). The second-order valence-electron chi connectivity index (χ2n) is 5.79. The van der Waals surface area contributed by atoms with E-state index in [1.807, 2.05) is 31.2 Å². The van der Waals surface area contributed by atoms with Gasteiger partial charge in [0.2, 0.25) is 0 Å². The van der Waals surface area contributed by atoms with Gasteiger partial charge in [-0.25, -0.2) is 0 Å². The normalized spacial score (nSPS) is 16.9. The van der Waals surface area contributed by atoms with Crippen LogP contribution in [0.1, 0.15) is 40.4 Å². The number of carbonyl (C=O) groups excluding carboxylic acids is 1. The van der Waals surface area contributed by atoms with Crippen molar-refractivity contribution < 1.29 is 9.53 Å². The van der Waals surface area contributed by atoms with Crippen LogP contribution in [0, 0.1) is 5.92 Å². The van der Waals surface area contributed by atoms with Crippen molar-refractivity contribution >= 4 is 22.9 Å². The van der Waals surface area contributed by atoms with Crippen LogP contribution in [-0.2, 0) is 12.8 Å². The highest BCUT2D eigenvalue weighted by Gasteiger charge is 2.21. The summed E-state index contributed by atoms with van der Waals surface area (Å²) in [6, 6.07) is 9.62. The van der Waals surface area contributed by atoms with E-state index in [9.17, 15) is 4.79 Å². The van der Waals surface area contributed by atoms with Crippen LogP contribution in [0.2, 0.25) is 0 Å². The monoisotopic (exact) mass is 315 g/mol. The van der Waals surface area contributed by atoms with E-state index < -0.39 is 0 Å². The molecule has 0 saturated heterocycles. The first-order valence-corrected chi connectivity index (χ1v) is 8.63. The highest BCUT2D eigenvalue weighted by Crippen LogP contribution is 2.33. The summed E-state index contributed by atoms with van der Waals surface area (Å²) < 4.78 is 5.56. The summed E-state index contributed by atoms with van der Waals surface area (Å²) >= 11 is 1.63. The first-order valence-electron chi connectivity index (χ1n) is 7.82. The van der Waals surface area contributed by atoms with Gasteiger partial charge < -0.3 is 10.1 Å². The van der Waals surface area contributed by atoms with Gasteiger partial charge in [-0.3, -0.25) is 4.79 Å². The molecule has 1 aromatic heterocycles. The van der Waals surface area contributed by atoms with Crippen LogP contribution in [0.5, 0.6) is 5.75 Å². The maximum atomic E-state index is 12.5. The summed E-state index contributed by atoms with van der Waals surface area (Å²) in [5.41, 5.74) is 2.08. The molecule has 0 radical (unpaired) electrons. The van der Waals surface area contributed by atoms with Crippen LogP contribution in [0.4, 0.5) is 5.69 Å². The average Bonchev–Trinajstić information content (AvgIpc) is 2.92. The first-order chi connectivity index (χ1) is 10.7. The van der Waals surface area contributed by atoms with Gasteiger partial charge >= 0.3 is 0 Å². The molecular formula is C18H21NO2S. The second-order valence-corrected chi connectivity index (χ2v) is 6.93. The van der Waals surface area contributed by atoms with Gasteiger partial charge in [0, 0.05) is 4.88 Å². The van der Waals surface area contributed by atoms with Crippen LogP contribution < -0.4 is 10.1 Å². The number of thiophene rings is 1. The van der Waals surface area contributed by atoms with Crippen molar-refractivity contribution in [2.24, 2.45) is 5.92 Å². The Morgan fingerprint density at radius 2 is 2.23 bits per heavy atom. The lowest BCUT2D eigenvalue weighted by molar-refractivity contribution is 0.103. The molecule has 3 nitrogen and oxygen atoms in total. The highest BCUT2D eigenvalue weighted by molar-refractivity contribution is 7.14. The Hall–Kier alpha value is -1.81. The molecule has 0 bridgehead atoms. The molecule has 1 aliphatic rings. The Morgan fingerprint density at radius 1 is 1.41 bits per heavy atom. The third-order valence-corrected chi connectivity index (χ3v) is 5.22. The molecule has 1 amide bonds. The zero-order valence-corrected chi connectivity index (χ0v) is 13.8. The second kappa shape index (κ2) is 6.53. The molecule has 116 valence electrons. The largest absolute Gasteiger partial charge is 0.492 e. The minimum Gasteiger partial charge on any atom is -0.492 e. The van der Waals surface area contributed by atoms with Gasteiger partial charge in [-0.1, -0.05) is 19.1 Å². The molecule has 0 aliphatic heterocycles. The van der Waals surface area contributed by atoms with Crippen molar-refractivity contribution in [3.05, 3.63) is 45.6 Å². The molecule has 1 atom stereocenters. The minimum atomic E-state index is -0.0424. The molecule has 0 spiro atoms. The maximum Gasteiger partial charge on any atom is 0.265 e. The van der Waals surface area contributed by atoms with Crippen molar-refractivity contribution in [1.82, 2.24) is 0 Å². The van der Waals surface area contributed by atoms with Gasteiger partial charge in [-0.2, -0.15) is 0 Å². The third-order valence-electron chi connectivity index (χ3n) is 3.99. The molecule has 1 aromatic carbocycles. The number of amides is 1. The van der Waals surface area contributed by atoms with Gasteiger partial charge in [0.25, 0.3) is 5.91 Å². The fourth-order valence-electron chi connectivity index (χ4n) is 2.85. The van der Waals surface area contributed by atoms with Crippen LogP contribution >= 0.6 is 11.3 Å². The molecule has 1 heterocycles. The summed E-state index contributed by atoms with van der Waals surface area (Å²) in [4.78, 5) is 14.7. The molecule has 1 aliphatic carbocycles. The van der Waals surface area contributed by atoms with E-state index in [2.05, 4.69) is 18.3 Å². The SMILES string of the molecule is CCOc1ccccc1NC(=O)c1cc2c(s1)CCC(C)C2. The van der Waals surface area contributed by atoms with Crippen molar-refractivity contribution in [2.45, 2.75) is 33.1 Å². The average molecular weight is 315 g/mol. The molecule has 0 fully saturated rings. The number of hydrogen-bond acceptors (Lipinski definition) is 3. The molecule has 1 N–H and O–H groups in total. The summed E-state index contributed by atoms with van der Waals surface area (Å²) in [5, 5.41) is 2.98. The number of rotatable bonds is 4. The highest BCUT2D eigenvalue weighted by atomic mass is 32.1. The van der Waals surface area contributed by atoms with E-state index in [0.717, 1.165) is 29.3 Å². The van der Waals surface area contributed by atoms with Crippen molar-refractivity contribution in [2.75, 3.05) is 11.9 Å². The molecule has 1 unspecified atom stereocenters. The fraction of sp³-hybridized carbons (Fsp3) is 0.389. The van der Waals surface area contributed by atoms with Crippen molar-refractivity contribution in [3.63, 3.8) is 0 Å². The standard InChI is InChI=1S/C18H21NO2S/c1-3-21-15-7-5-4-6-14(15)19-18(20)17-11-13-10-12(2)8-9-16(13)22-17/h4-7,11-12H,3,8-10H2,1-2H3,(H,19,20). The third kappa shape index (κ3) is 3.17. The zero-order chi connectivity index (χ0) is 15.5. The number of aryl methyl sites for hydroxylation is 1. The predicted octanol–water partition coefficient (Wildman–Crippen LogP) is 4.52. The van der Waals surface area contributed by atoms with Crippen LogP contribution in [-0.4, -0.2) is 12.5 Å². The molecule has 22 heavy (non-hydrogen) atoms. The number of ether oxygens (including phenoxy) is 1. The number of anilines is 1. The lowest BCUT2D eigenvalue weighted by atomic mass is 9.90. The van der Waals surface area contributed by atoms with Crippen LogP contribution in [0.3, 0.4) is 0 Å². The molecule has 4 heteroatoms. The number of para-hydroxylation sites is 2. The van der Waals surface area contributed by atoms with E-state index >= 15 is 0 Å². The van der Waals surface area contributed by atoms with E-state index in [4.69, 9.17) is 4.74 Å². The minimum absolute atomic E-state index is 0.0424. The molecular weight excluding hydrogens is 294 g/mol. The predicted molar refractivity (Wildman–Crippen MR) is 91.1 cm³/mol. The quantitative estimate of drug-likeness (QED) is 0.900. The number of hydrogen-bond donors (Lipinski definition) is 1. The Bertz CT molecular complexity index is 677. The molecule has 0 saturated carbocycles. The van der Waals surface area contributed by atoms with Gasteiger partial charge in [0.15, 0.2) is 0 Å². The van der Waals surface area contributed by atoms with Crippen molar-refractivity contribution in [3.8, 4) is 5.75 Å². The van der Waals surface area contributed by atoms with Gasteiger partial charge in [0.05, 0.1) is 17.2 Å². The number of fused-ring (bicyclic) bond motifs is 1. The topological polar surface area (TPSA) is 38.3 Å². The zero-order valence-electron chi connectivity index (χ0n) is 13.0. The van der Waals surface area contributed by atoms with Crippen LogP contribution in [0.25, 0.3) is 0 Å². The van der Waals surface area contributed by atoms with Crippen LogP contribution in [0.15, 0.2) is 30.3 Å². The van der Waals surface area contributed by atoms with E-state index in [-0.39, 0.29) is 5.91 Å². The summed E-state index contributed by atoms with van der Waals surface area (Å²) in [6.07, 6.45) is 3.42. The molecule has 2 aromatic rings. The maximum absolute atomic E-state index is 12.5. The fourth-order valence-corrected chi connectivity index (χ4v) is 3.96. The van der Waals surface area contributed by atoms with Gasteiger partial charge in [-0.05, 0) is 55.9 Å². The summed E-state index contributed by atoms with van der Waals surface area (Å²) in [6.45, 7) is 4.80. The summed E-state index contributed by atoms with van der Waals surface area (Å²) in [5.74, 6) is 1.39. The van der Waals surface area contributed by atoms with E-state index in [1.54, 1.807) is 11.3 Å². The number of nitrogens with one attached hydrogen (secondary N) is 1.